The predicted molar refractivity (Wildman–Crippen MR) is 32.8 cm³/mol. The fourth-order valence-electron chi connectivity index (χ4n) is 0.817. The molecule has 1 rings (SSSR count). The molecule has 3 nitrogen and oxygen atoms in total. The first-order valence-corrected chi connectivity index (χ1v) is 3.20. The Kier molecular flexibility index (Phi) is 1.71. The number of nitrogens with one attached hydrogen (secondary N) is 1. The van der Waals surface area contributed by atoms with E-state index in [0.29, 0.717) is 0 Å². The number of ether oxygens (including phenoxy) is 1. The van der Waals surface area contributed by atoms with Crippen molar-refractivity contribution in [2.24, 2.45) is 0 Å². The quantitative estimate of drug-likeness (QED) is 0.551. The molecule has 0 bridgehead atoms. The van der Waals surface area contributed by atoms with Crippen molar-refractivity contribution in [2.45, 2.75) is 32.6 Å². The Morgan fingerprint density at radius 1 is 1.78 bits per heavy atom. The second-order valence-corrected chi connectivity index (χ2v) is 2.18. The third-order valence-corrected chi connectivity index (χ3v) is 1.41. The molecule has 1 saturated heterocycles. The largest absolute Gasteiger partial charge is 0.346 e. The van der Waals surface area contributed by atoms with Crippen molar-refractivity contribution >= 4 is 5.91 Å². The van der Waals surface area contributed by atoms with Crippen LogP contribution < -0.4 is 5.32 Å². The smallest absolute Gasteiger partial charge is 0.250 e. The predicted octanol–water partition coefficient (Wildman–Crippen LogP) is 0.257. The van der Waals surface area contributed by atoms with Gasteiger partial charge in [0.2, 0.25) is 0 Å². The van der Waals surface area contributed by atoms with Crippen LogP contribution in [0.1, 0.15) is 20.3 Å². The van der Waals surface area contributed by atoms with E-state index in [0.717, 1.165) is 6.42 Å². The molecular weight excluding hydrogens is 118 g/mol. The summed E-state index contributed by atoms with van der Waals surface area (Å²) in [5.74, 6) is 0.00171. The van der Waals surface area contributed by atoms with Crippen LogP contribution in [0.4, 0.5) is 0 Å². The molecule has 1 heterocycles. The van der Waals surface area contributed by atoms with Crippen LogP contribution in [0.2, 0.25) is 0 Å². The molecule has 1 N–H and O–H groups in total. The van der Waals surface area contributed by atoms with E-state index < -0.39 is 0 Å². The molecule has 0 radical (unpaired) electrons. The van der Waals surface area contributed by atoms with E-state index in [-0.39, 0.29) is 18.2 Å². The number of carbonyl (C=O) groups excluding carboxylic acids is 1. The fraction of sp³-hybridized carbons (Fsp3) is 0.833. The minimum atomic E-state index is -0.255. The minimum absolute atomic E-state index is 0.00171. The number of hydrogen-bond donors (Lipinski definition) is 1. The van der Waals surface area contributed by atoms with Crippen LogP contribution in [0.3, 0.4) is 0 Å². The van der Waals surface area contributed by atoms with Gasteiger partial charge in [0.15, 0.2) is 0 Å². The molecule has 0 unspecified atom stereocenters. The van der Waals surface area contributed by atoms with Gasteiger partial charge in [-0.1, -0.05) is 6.92 Å². The highest BCUT2D eigenvalue weighted by atomic mass is 16.5. The third-order valence-electron chi connectivity index (χ3n) is 1.41. The molecule has 0 aromatic rings. The van der Waals surface area contributed by atoms with Gasteiger partial charge in [0.1, 0.15) is 12.3 Å². The van der Waals surface area contributed by atoms with E-state index in [9.17, 15) is 4.79 Å². The lowest BCUT2D eigenvalue weighted by atomic mass is 10.4. The van der Waals surface area contributed by atoms with Crippen molar-refractivity contribution in [1.82, 2.24) is 5.32 Å². The van der Waals surface area contributed by atoms with Crippen LogP contribution in [0.5, 0.6) is 0 Å². The van der Waals surface area contributed by atoms with Gasteiger partial charge in [-0.15, -0.1) is 0 Å². The molecular formula is C6H11NO2. The van der Waals surface area contributed by atoms with Gasteiger partial charge < -0.3 is 10.1 Å². The van der Waals surface area contributed by atoms with E-state index in [2.05, 4.69) is 5.32 Å². The van der Waals surface area contributed by atoms with E-state index in [1.807, 2.05) is 6.92 Å². The number of hydrogen-bond acceptors (Lipinski definition) is 2. The monoisotopic (exact) mass is 129 g/mol. The maximum atomic E-state index is 10.7. The summed E-state index contributed by atoms with van der Waals surface area (Å²) in [4.78, 5) is 10.7. The summed E-state index contributed by atoms with van der Waals surface area (Å²) in [6, 6.07) is 0. The summed E-state index contributed by atoms with van der Waals surface area (Å²) in [7, 11) is 0. The van der Waals surface area contributed by atoms with E-state index in [1.54, 1.807) is 6.92 Å². The normalized spacial score (nSPS) is 34.7. The fourth-order valence-corrected chi connectivity index (χ4v) is 0.817. The van der Waals surface area contributed by atoms with Crippen molar-refractivity contribution < 1.29 is 9.53 Å². The molecule has 0 saturated carbocycles. The first-order valence-electron chi connectivity index (χ1n) is 3.20. The number of amides is 1. The SMILES string of the molecule is CC[C@@H]1NC(=O)[C@@H](C)O1. The Morgan fingerprint density at radius 2 is 2.44 bits per heavy atom. The van der Waals surface area contributed by atoms with Crippen LogP contribution in [-0.4, -0.2) is 18.2 Å². The second-order valence-electron chi connectivity index (χ2n) is 2.18. The summed E-state index contributed by atoms with van der Waals surface area (Å²) >= 11 is 0. The highest BCUT2D eigenvalue weighted by molar-refractivity contribution is 5.82. The number of rotatable bonds is 1. The summed E-state index contributed by atoms with van der Waals surface area (Å²) in [6.07, 6.45) is 0.540. The summed E-state index contributed by atoms with van der Waals surface area (Å²) in [5, 5.41) is 2.69. The first-order chi connectivity index (χ1) is 4.24. The lowest BCUT2D eigenvalue weighted by molar-refractivity contribution is -0.122. The first kappa shape index (κ1) is 6.55. The van der Waals surface area contributed by atoms with Crippen LogP contribution in [-0.2, 0) is 9.53 Å². The Hall–Kier alpha value is -0.570. The Labute approximate surface area is 54.4 Å². The lowest BCUT2D eigenvalue weighted by Crippen LogP contribution is -2.26. The molecule has 0 aromatic heterocycles. The molecule has 52 valence electrons. The molecule has 2 atom stereocenters. The second kappa shape index (κ2) is 2.35. The van der Waals surface area contributed by atoms with Crippen LogP contribution in [0, 0.1) is 0 Å². The van der Waals surface area contributed by atoms with Gasteiger partial charge >= 0.3 is 0 Å². The lowest BCUT2D eigenvalue weighted by Gasteiger charge is -2.03. The third kappa shape index (κ3) is 1.21. The van der Waals surface area contributed by atoms with Crippen molar-refractivity contribution in [3.63, 3.8) is 0 Å². The van der Waals surface area contributed by atoms with E-state index >= 15 is 0 Å². The van der Waals surface area contributed by atoms with Crippen molar-refractivity contribution in [2.75, 3.05) is 0 Å². The topological polar surface area (TPSA) is 38.3 Å². The molecule has 1 amide bonds. The molecule has 9 heavy (non-hydrogen) atoms. The minimum Gasteiger partial charge on any atom is -0.346 e. The Balaban J connectivity index is 2.44. The van der Waals surface area contributed by atoms with Gasteiger partial charge in [-0.05, 0) is 13.3 Å². The molecule has 0 aliphatic carbocycles. The van der Waals surface area contributed by atoms with E-state index in [1.165, 1.54) is 0 Å². The van der Waals surface area contributed by atoms with Gasteiger partial charge in [-0.25, -0.2) is 0 Å². The van der Waals surface area contributed by atoms with Crippen LogP contribution in [0.25, 0.3) is 0 Å². The zero-order valence-electron chi connectivity index (χ0n) is 5.68. The zero-order chi connectivity index (χ0) is 6.85. The molecule has 3 heteroatoms. The summed E-state index contributed by atoms with van der Waals surface area (Å²) in [6.45, 7) is 3.73. The summed E-state index contributed by atoms with van der Waals surface area (Å²) in [5.41, 5.74) is 0. The molecule has 1 aliphatic heterocycles. The van der Waals surface area contributed by atoms with Crippen molar-refractivity contribution in [3.05, 3.63) is 0 Å². The van der Waals surface area contributed by atoms with Crippen LogP contribution >= 0.6 is 0 Å². The summed E-state index contributed by atoms with van der Waals surface area (Å²) < 4.78 is 5.16. The zero-order valence-corrected chi connectivity index (χ0v) is 5.68. The van der Waals surface area contributed by atoms with Gasteiger partial charge in [0, 0.05) is 0 Å². The molecule has 1 fully saturated rings. The van der Waals surface area contributed by atoms with E-state index in [4.69, 9.17) is 4.74 Å². The number of carbonyl (C=O) groups is 1. The van der Waals surface area contributed by atoms with Gasteiger partial charge in [0.05, 0.1) is 0 Å². The van der Waals surface area contributed by atoms with Crippen molar-refractivity contribution in [1.29, 1.82) is 0 Å². The van der Waals surface area contributed by atoms with Crippen LogP contribution in [0.15, 0.2) is 0 Å². The van der Waals surface area contributed by atoms with Gasteiger partial charge in [0.25, 0.3) is 5.91 Å². The highest BCUT2D eigenvalue weighted by Crippen LogP contribution is 2.07. The Bertz CT molecular complexity index is 124. The average molecular weight is 129 g/mol. The average Bonchev–Trinajstić information content (AvgIpc) is 2.13. The van der Waals surface area contributed by atoms with Crippen molar-refractivity contribution in [3.8, 4) is 0 Å². The van der Waals surface area contributed by atoms with Gasteiger partial charge in [-0.3, -0.25) is 4.79 Å². The van der Waals surface area contributed by atoms with Gasteiger partial charge in [-0.2, -0.15) is 0 Å². The standard InChI is InChI=1S/C6H11NO2/c1-3-5-7-6(8)4(2)9-5/h4-5H,3H2,1-2H3,(H,7,8)/t4-,5-/m1/s1. The molecule has 0 spiro atoms. The highest BCUT2D eigenvalue weighted by Gasteiger charge is 2.26. The maximum absolute atomic E-state index is 10.7. The molecule has 0 aromatic carbocycles. The molecule has 1 aliphatic rings. The maximum Gasteiger partial charge on any atom is 0.250 e. The Morgan fingerprint density at radius 3 is 2.67 bits per heavy atom.